The van der Waals surface area contributed by atoms with Crippen molar-refractivity contribution in [2.24, 2.45) is 0 Å². The molecule has 4 rings (SSSR count). The number of carbonyl (C=O) groups is 2. The highest BCUT2D eigenvalue weighted by Gasteiger charge is 2.12. The van der Waals surface area contributed by atoms with Crippen LogP contribution in [-0.2, 0) is 11.3 Å². The van der Waals surface area contributed by atoms with Gasteiger partial charge >= 0.3 is 0 Å². The zero-order chi connectivity index (χ0) is 23.2. The Hall–Kier alpha value is -3.22. The lowest BCUT2D eigenvalue weighted by Gasteiger charge is -2.09. The van der Waals surface area contributed by atoms with Gasteiger partial charge in [0.2, 0.25) is 5.91 Å². The van der Waals surface area contributed by atoms with Gasteiger partial charge in [-0.25, -0.2) is 0 Å². The molecule has 0 saturated carbocycles. The minimum atomic E-state index is -0.0790. The summed E-state index contributed by atoms with van der Waals surface area (Å²) in [6, 6.07) is 22.7. The largest absolute Gasteiger partial charge is 0.350 e. The molecule has 0 aliphatic heterocycles. The molecule has 7 heteroatoms. The Bertz CT molecular complexity index is 1280. The van der Waals surface area contributed by atoms with Gasteiger partial charge in [0.1, 0.15) is 0 Å². The molecule has 1 aromatic heterocycles. The van der Waals surface area contributed by atoms with Crippen molar-refractivity contribution in [3.8, 4) is 0 Å². The lowest BCUT2D eigenvalue weighted by atomic mass is 10.1. The molecule has 0 unspecified atom stereocenters. The second kappa shape index (κ2) is 10.6. The number of hydrogen-bond acceptors (Lipinski definition) is 3. The third-order valence-electron chi connectivity index (χ3n) is 5.27. The van der Waals surface area contributed by atoms with Crippen LogP contribution < -0.4 is 10.6 Å². The molecule has 0 atom stereocenters. The van der Waals surface area contributed by atoms with Gasteiger partial charge in [0, 0.05) is 51.4 Å². The molecular weight excluding hydrogens is 454 g/mol. The molecule has 0 spiro atoms. The van der Waals surface area contributed by atoms with Gasteiger partial charge in [-0.3, -0.25) is 9.59 Å². The summed E-state index contributed by atoms with van der Waals surface area (Å²) in [6.07, 6.45) is 2.05. The molecule has 2 amide bonds. The molecular formula is C26H24ClN3O2S. The van der Waals surface area contributed by atoms with E-state index < -0.39 is 0 Å². The van der Waals surface area contributed by atoms with E-state index in [4.69, 9.17) is 11.6 Å². The second-order valence-corrected chi connectivity index (χ2v) is 9.07. The average Bonchev–Trinajstić information content (AvgIpc) is 3.17. The first-order valence-electron chi connectivity index (χ1n) is 10.6. The molecule has 4 aromatic rings. The molecule has 1 heterocycles. The predicted molar refractivity (Wildman–Crippen MR) is 136 cm³/mol. The maximum atomic E-state index is 12.5. The smallest absolute Gasteiger partial charge is 0.251 e. The molecule has 2 N–H and O–H groups in total. The summed E-state index contributed by atoms with van der Waals surface area (Å²) in [7, 11) is 0. The Kier molecular flexibility index (Phi) is 7.37. The Morgan fingerprint density at radius 1 is 0.970 bits per heavy atom. The van der Waals surface area contributed by atoms with E-state index in [-0.39, 0.29) is 11.8 Å². The van der Waals surface area contributed by atoms with E-state index in [9.17, 15) is 9.59 Å². The van der Waals surface area contributed by atoms with Crippen LogP contribution in [0.25, 0.3) is 10.9 Å². The van der Waals surface area contributed by atoms with Crippen LogP contribution in [0.4, 0.5) is 5.69 Å². The maximum absolute atomic E-state index is 12.5. The lowest BCUT2D eigenvalue weighted by Crippen LogP contribution is -2.27. The monoisotopic (exact) mass is 477 g/mol. The van der Waals surface area contributed by atoms with Crippen molar-refractivity contribution in [2.75, 3.05) is 17.6 Å². The normalized spacial score (nSPS) is 10.8. The number of para-hydroxylation sites is 1. The van der Waals surface area contributed by atoms with E-state index in [1.54, 1.807) is 24.3 Å². The lowest BCUT2D eigenvalue weighted by molar-refractivity contribution is -0.113. The van der Waals surface area contributed by atoms with Gasteiger partial charge in [-0.15, -0.1) is 11.8 Å². The van der Waals surface area contributed by atoms with Crippen molar-refractivity contribution in [2.45, 2.75) is 18.4 Å². The fraction of sp³-hybridized carbons (Fsp3) is 0.154. The van der Waals surface area contributed by atoms with Crippen LogP contribution in [0, 0.1) is 6.92 Å². The zero-order valence-electron chi connectivity index (χ0n) is 18.2. The Labute approximate surface area is 202 Å². The van der Waals surface area contributed by atoms with Crippen molar-refractivity contribution in [3.05, 3.63) is 95.1 Å². The van der Waals surface area contributed by atoms with Crippen LogP contribution in [-0.4, -0.2) is 28.7 Å². The van der Waals surface area contributed by atoms with E-state index in [2.05, 4.69) is 27.3 Å². The number of aromatic nitrogens is 1. The number of hydrogen-bond donors (Lipinski definition) is 2. The number of thioether (sulfide) groups is 1. The van der Waals surface area contributed by atoms with Crippen LogP contribution in [0.3, 0.4) is 0 Å². The van der Waals surface area contributed by atoms with Gasteiger partial charge in [-0.2, -0.15) is 0 Å². The van der Waals surface area contributed by atoms with Crippen molar-refractivity contribution >= 4 is 51.8 Å². The molecule has 0 saturated heterocycles. The number of halogens is 1. The van der Waals surface area contributed by atoms with Gasteiger partial charge in [0.15, 0.2) is 0 Å². The summed E-state index contributed by atoms with van der Waals surface area (Å²) >= 11 is 7.39. The van der Waals surface area contributed by atoms with Crippen LogP contribution in [0.5, 0.6) is 0 Å². The maximum Gasteiger partial charge on any atom is 0.251 e. The molecule has 0 aliphatic rings. The number of rotatable bonds is 8. The minimum Gasteiger partial charge on any atom is -0.350 e. The molecule has 0 radical (unpaired) electrons. The van der Waals surface area contributed by atoms with Gasteiger partial charge in [-0.1, -0.05) is 48.0 Å². The van der Waals surface area contributed by atoms with Crippen molar-refractivity contribution in [3.63, 3.8) is 0 Å². The van der Waals surface area contributed by atoms with Crippen molar-refractivity contribution in [1.29, 1.82) is 0 Å². The quantitative estimate of drug-likeness (QED) is 0.317. The number of amides is 2. The zero-order valence-corrected chi connectivity index (χ0v) is 19.7. The van der Waals surface area contributed by atoms with E-state index in [0.717, 1.165) is 27.0 Å². The van der Waals surface area contributed by atoms with E-state index in [1.165, 1.54) is 11.8 Å². The van der Waals surface area contributed by atoms with E-state index in [1.807, 2.05) is 49.5 Å². The van der Waals surface area contributed by atoms with Crippen LogP contribution in [0.15, 0.2) is 83.9 Å². The summed E-state index contributed by atoms with van der Waals surface area (Å²) in [5.41, 5.74) is 3.44. The first-order chi connectivity index (χ1) is 16.0. The Morgan fingerprint density at radius 2 is 1.70 bits per heavy atom. The van der Waals surface area contributed by atoms with Crippen LogP contribution >= 0.6 is 23.4 Å². The molecule has 33 heavy (non-hydrogen) atoms. The molecule has 0 fully saturated rings. The number of nitrogens with zero attached hydrogens (tertiary/aromatic N) is 1. The van der Waals surface area contributed by atoms with E-state index >= 15 is 0 Å². The van der Waals surface area contributed by atoms with Gasteiger partial charge < -0.3 is 15.2 Å². The standard InChI is InChI=1S/C26H24ClN3O2S/c1-18-6-2-3-7-21(18)26(32)28-14-15-30-16-24(22-8-4-5-9-23(22)30)33-17-25(31)29-20-12-10-19(27)11-13-20/h2-13,16H,14-15,17H2,1H3,(H,28,32)(H,29,31). The number of fused-ring (bicyclic) bond motifs is 1. The summed E-state index contributed by atoms with van der Waals surface area (Å²) in [4.78, 5) is 25.9. The number of carbonyl (C=O) groups excluding carboxylic acids is 2. The van der Waals surface area contributed by atoms with Crippen molar-refractivity contribution in [1.82, 2.24) is 9.88 Å². The molecule has 3 aromatic carbocycles. The number of nitrogens with one attached hydrogen (secondary N) is 2. The van der Waals surface area contributed by atoms with E-state index in [0.29, 0.717) is 29.4 Å². The molecule has 0 bridgehead atoms. The highest BCUT2D eigenvalue weighted by atomic mass is 35.5. The molecule has 5 nitrogen and oxygen atoms in total. The fourth-order valence-corrected chi connectivity index (χ4v) is 4.61. The number of benzene rings is 3. The summed E-state index contributed by atoms with van der Waals surface area (Å²) in [6.45, 7) is 3.07. The summed E-state index contributed by atoms with van der Waals surface area (Å²) < 4.78 is 2.12. The third kappa shape index (κ3) is 5.78. The predicted octanol–water partition coefficient (Wildman–Crippen LogP) is 5.76. The number of anilines is 1. The minimum absolute atomic E-state index is 0.0713. The topological polar surface area (TPSA) is 63.1 Å². The first kappa shape index (κ1) is 23.0. The summed E-state index contributed by atoms with van der Waals surface area (Å²) in [5.74, 6) is 0.142. The van der Waals surface area contributed by atoms with Gasteiger partial charge in [0.05, 0.1) is 5.75 Å². The SMILES string of the molecule is Cc1ccccc1C(=O)NCCn1cc(SCC(=O)Nc2ccc(Cl)cc2)c2ccccc21. The second-order valence-electron chi connectivity index (χ2n) is 7.62. The first-order valence-corrected chi connectivity index (χ1v) is 12.0. The molecule has 0 aliphatic carbocycles. The summed E-state index contributed by atoms with van der Waals surface area (Å²) in [5, 5.41) is 7.61. The Morgan fingerprint density at radius 3 is 2.48 bits per heavy atom. The van der Waals surface area contributed by atoms with Gasteiger partial charge in [-0.05, 0) is 48.9 Å². The van der Waals surface area contributed by atoms with Crippen LogP contribution in [0.2, 0.25) is 5.02 Å². The van der Waals surface area contributed by atoms with Gasteiger partial charge in [0.25, 0.3) is 5.91 Å². The average molecular weight is 478 g/mol. The highest BCUT2D eigenvalue weighted by molar-refractivity contribution is 8.00. The fourth-order valence-electron chi connectivity index (χ4n) is 3.60. The highest BCUT2D eigenvalue weighted by Crippen LogP contribution is 2.30. The Balaban J connectivity index is 1.39. The van der Waals surface area contributed by atoms with Crippen LogP contribution in [0.1, 0.15) is 15.9 Å². The third-order valence-corrected chi connectivity index (χ3v) is 6.56. The molecule has 168 valence electrons. The number of aryl methyl sites for hydroxylation is 1. The van der Waals surface area contributed by atoms with Crippen molar-refractivity contribution < 1.29 is 9.59 Å².